The van der Waals surface area contributed by atoms with Crippen molar-refractivity contribution in [3.63, 3.8) is 0 Å². The van der Waals surface area contributed by atoms with E-state index in [1.165, 1.54) is 34.5 Å². The summed E-state index contributed by atoms with van der Waals surface area (Å²) in [7, 11) is 1.55. The lowest BCUT2D eigenvalue weighted by atomic mass is 10.2. The number of hydrogen-bond acceptors (Lipinski definition) is 7. The minimum Gasteiger partial charge on any atom is -0.495 e. The Morgan fingerprint density at radius 2 is 1.96 bits per heavy atom. The number of benzene rings is 1. The van der Waals surface area contributed by atoms with Crippen LogP contribution in [0.15, 0.2) is 47.2 Å². The van der Waals surface area contributed by atoms with Crippen molar-refractivity contribution >= 4 is 45.4 Å². The Balaban J connectivity index is 1.71. The summed E-state index contributed by atoms with van der Waals surface area (Å²) in [4.78, 5) is 31.0. The first-order valence-corrected chi connectivity index (χ1v) is 9.90. The first-order valence-electron chi connectivity index (χ1n) is 8.14. The Bertz CT molecular complexity index is 921. The number of carbonyl (C=O) groups is 2. The van der Waals surface area contributed by atoms with Crippen molar-refractivity contribution < 1.29 is 19.1 Å². The van der Waals surface area contributed by atoms with Crippen molar-refractivity contribution in [3.8, 4) is 5.75 Å². The number of nitrogens with zero attached hydrogens (tertiary/aromatic N) is 2. The fourth-order valence-electron chi connectivity index (χ4n) is 2.45. The van der Waals surface area contributed by atoms with Gasteiger partial charge in [-0.05, 0) is 23.6 Å². The molecule has 140 valence electrons. The largest absolute Gasteiger partial charge is 0.495 e. The molecular formula is C19H18N2O4S2. The van der Waals surface area contributed by atoms with E-state index >= 15 is 0 Å². The maximum atomic E-state index is 12.2. The van der Waals surface area contributed by atoms with Gasteiger partial charge in [-0.3, -0.25) is 14.5 Å². The lowest BCUT2D eigenvalue weighted by Crippen LogP contribution is -2.23. The van der Waals surface area contributed by atoms with Gasteiger partial charge in [-0.15, -0.1) is 22.7 Å². The lowest BCUT2D eigenvalue weighted by Gasteiger charge is -2.20. The number of para-hydroxylation sites is 2. The fraction of sp³-hybridized carbons (Fsp3) is 0.211. The molecule has 3 rings (SSSR count). The summed E-state index contributed by atoms with van der Waals surface area (Å²) in [6.07, 6.45) is 0.245. The predicted molar refractivity (Wildman–Crippen MR) is 106 cm³/mol. The molecule has 1 aromatic carbocycles. The predicted octanol–water partition coefficient (Wildman–Crippen LogP) is 4.18. The van der Waals surface area contributed by atoms with Crippen molar-refractivity contribution in [2.45, 2.75) is 20.0 Å². The van der Waals surface area contributed by atoms with Gasteiger partial charge >= 0.3 is 5.97 Å². The SMILES string of the molecule is COc1ccccc1N(C(C)=O)c1nc(COC(=O)Cc2cccs2)cs1. The van der Waals surface area contributed by atoms with E-state index in [4.69, 9.17) is 9.47 Å². The van der Waals surface area contributed by atoms with Crippen LogP contribution in [0.3, 0.4) is 0 Å². The van der Waals surface area contributed by atoms with Gasteiger partial charge in [-0.1, -0.05) is 18.2 Å². The Kier molecular flexibility index (Phi) is 6.20. The summed E-state index contributed by atoms with van der Waals surface area (Å²) in [6, 6.07) is 11.0. The van der Waals surface area contributed by atoms with E-state index in [1.54, 1.807) is 24.6 Å². The van der Waals surface area contributed by atoms with E-state index in [0.717, 1.165) is 4.88 Å². The second-order valence-electron chi connectivity index (χ2n) is 5.56. The molecule has 0 fully saturated rings. The Hall–Kier alpha value is -2.71. The van der Waals surface area contributed by atoms with Gasteiger partial charge in [0, 0.05) is 17.2 Å². The van der Waals surface area contributed by atoms with Gasteiger partial charge in [0.1, 0.15) is 12.4 Å². The van der Waals surface area contributed by atoms with Crippen LogP contribution in [0, 0.1) is 0 Å². The number of carbonyl (C=O) groups excluding carboxylic acids is 2. The van der Waals surface area contributed by atoms with Crippen molar-refractivity contribution in [2.24, 2.45) is 0 Å². The number of methoxy groups -OCH3 is 1. The maximum absolute atomic E-state index is 12.2. The average Bonchev–Trinajstić information content (AvgIpc) is 3.32. The average molecular weight is 402 g/mol. The molecule has 1 amide bonds. The number of aromatic nitrogens is 1. The smallest absolute Gasteiger partial charge is 0.311 e. The third-order valence-electron chi connectivity index (χ3n) is 3.65. The zero-order valence-corrected chi connectivity index (χ0v) is 16.5. The van der Waals surface area contributed by atoms with E-state index in [0.29, 0.717) is 22.3 Å². The zero-order chi connectivity index (χ0) is 19.2. The van der Waals surface area contributed by atoms with Crippen LogP contribution in [-0.2, 0) is 27.4 Å². The molecule has 27 heavy (non-hydrogen) atoms. The van der Waals surface area contributed by atoms with Crippen molar-refractivity contribution in [3.05, 3.63) is 57.7 Å². The molecule has 2 heterocycles. The number of rotatable bonds is 7. The number of anilines is 2. The molecule has 0 bridgehead atoms. The normalized spacial score (nSPS) is 10.4. The molecule has 2 aromatic heterocycles. The van der Waals surface area contributed by atoms with Crippen LogP contribution in [0.25, 0.3) is 0 Å². The van der Waals surface area contributed by atoms with E-state index in [2.05, 4.69) is 4.98 Å². The van der Waals surface area contributed by atoms with Crippen molar-refractivity contribution in [1.82, 2.24) is 4.98 Å². The van der Waals surface area contributed by atoms with Crippen LogP contribution < -0.4 is 9.64 Å². The van der Waals surface area contributed by atoms with Crippen molar-refractivity contribution in [2.75, 3.05) is 12.0 Å². The van der Waals surface area contributed by atoms with Gasteiger partial charge in [-0.2, -0.15) is 0 Å². The van der Waals surface area contributed by atoms with Gasteiger partial charge in [0.2, 0.25) is 5.91 Å². The molecule has 0 N–H and O–H groups in total. The summed E-state index contributed by atoms with van der Waals surface area (Å²) in [5.41, 5.74) is 1.21. The molecule has 0 unspecified atom stereocenters. The number of hydrogen-bond donors (Lipinski definition) is 0. The molecule has 0 aliphatic rings. The summed E-state index contributed by atoms with van der Waals surface area (Å²) in [5, 5.41) is 4.19. The fourth-order valence-corrected chi connectivity index (χ4v) is 4.00. The molecule has 0 atom stereocenters. The van der Waals surface area contributed by atoms with Gasteiger partial charge in [0.05, 0.1) is 24.9 Å². The Labute approximate surface area is 165 Å². The van der Waals surface area contributed by atoms with Gasteiger partial charge in [-0.25, -0.2) is 4.98 Å². The minimum absolute atomic E-state index is 0.0678. The van der Waals surface area contributed by atoms with E-state index in [1.807, 2.05) is 29.6 Å². The monoisotopic (exact) mass is 402 g/mol. The second-order valence-corrected chi connectivity index (χ2v) is 7.43. The van der Waals surface area contributed by atoms with Crippen LogP contribution in [0.1, 0.15) is 17.5 Å². The van der Waals surface area contributed by atoms with E-state index in [9.17, 15) is 9.59 Å². The Morgan fingerprint density at radius 1 is 1.15 bits per heavy atom. The van der Waals surface area contributed by atoms with Crippen molar-refractivity contribution in [1.29, 1.82) is 0 Å². The quantitative estimate of drug-likeness (QED) is 0.555. The number of amides is 1. The van der Waals surface area contributed by atoms with Crippen LogP contribution in [-0.4, -0.2) is 24.0 Å². The maximum Gasteiger partial charge on any atom is 0.311 e. The van der Waals surface area contributed by atoms with E-state index < -0.39 is 0 Å². The second kappa shape index (κ2) is 8.79. The summed E-state index contributed by atoms with van der Waals surface area (Å²) < 4.78 is 10.6. The number of ether oxygens (including phenoxy) is 2. The summed E-state index contributed by atoms with van der Waals surface area (Å²) >= 11 is 2.82. The number of esters is 1. The van der Waals surface area contributed by atoms with Crippen LogP contribution in [0.5, 0.6) is 5.75 Å². The number of thiazole rings is 1. The van der Waals surface area contributed by atoms with E-state index in [-0.39, 0.29) is 24.9 Å². The molecule has 3 aromatic rings. The van der Waals surface area contributed by atoms with Gasteiger partial charge < -0.3 is 9.47 Å². The Morgan fingerprint density at radius 3 is 2.67 bits per heavy atom. The molecule has 0 spiro atoms. The minimum atomic E-state index is -0.305. The highest BCUT2D eigenvalue weighted by Crippen LogP contribution is 2.35. The molecule has 8 heteroatoms. The third kappa shape index (κ3) is 4.72. The highest BCUT2D eigenvalue weighted by atomic mass is 32.1. The number of thiophene rings is 1. The molecule has 0 saturated heterocycles. The molecule has 6 nitrogen and oxygen atoms in total. The van der Waals surface area contributed by atoms with Crippen LogP contribution in [0.4, 0.5) is 10.8 Å². The third-order valence-corrected chi connectivity index (χ3v) is 5.40. The summed E-state index contributed by atoms with van der Waals surface area (Å²) in [5.74, 6) is 0.0852. The highest BCUT2D eigenvalue weighted by Gasteiger charge is 2.21. The highest BCUT2D eigenvalue weighted by molar-refractivity contribution is 7.14. The first-order chi connectivity index (χ1) is 13.1. The molecule has 0 aliphatic carbocycles. The lowest BCUT2D eigenvalue weighted by molar-refractivity contribution is -0.144. The molecule has 0 radical (unpaired) electrons. The standard InChI is InChI=1S/C19H18N2O4S2/c1-13(22)21(16-7-3-4-8-17(16)24-2)19-20-14(12-27-19)11-25-18(23)10-15-6-5-9-26-15/h3-9,12H,10-11H2,1-2H3. The topological polar surface area (TPSA) is 68.7 Å². The molecule has 0 saturated carbocycles. The zero-order valence-electron chi connectivity index (χ0n) is 14.9. The molecule has 0 aliphatic heterocycles. The summed E-state index contributed by atoms with van der Waals surface area (Å²) in [6.45, 7) is 1.53. The van der Waals surface area contributed by atoms with Crippen LogP contribution in [0.2, 0.25) is 0 Å². The van der Waals surface area contributed by atoms with Gasteiger partial charge in [0.15, 0.2) is 5.13 Å². The van der Waals surface area contributed by atoms with Gasteiger partial charge in [0.25, 0.3) is 0 Å². The first kappa shape index (κ1) is 19.1. The molecular weight excluding hydrogens is 384 g/mol. The van der Waals surface area contributed by atoms with Crippen LogP contribution >= 0.6 is 22.7 Å².